The molecule has 0 aliphatic carbocycles. The highest BCUT2D eigenvalue weighted by atomic mass is 32.2. The number of fused-ring (bicyclic) bond motifs is 1. The van der Waals surface area contributed by atoms with Crippen LogP contribution in [-0.2, 0) is 10.0 Å². The van der Waals surface area contributed by atoms with Crippen LogP contribution in [0.3, 0.4) is 0 Å². The number of aryl methyl sites for hydroxylation is 1. The second kappa shape index (κ2) is 5.63. The number of hydrogen-bond donors (Lipinski definition) is 0. The molecular formula is C18H19N3O2S. The van der Waals surface area contributed by atoms with Gasteiger partial charge in [0.25, 0.3) is 10.0 Å². The molecule has 0 aromatic heterocycles. The first-order valence-corrected chi connectivity index (χ1v) is 9.49. The molecule has 2 aromatic rings. The number of hydrogen-bond acceptors (Lipinski definition) is 4. The first kappa shape index (κ1) is 15.2. The van der Waals surface area contributed by atoms with Crippen LogP contribution >= 0.6 is 0 Å². The van der Waals surface area contributed by atoms with Gasteiger partial charge in [-0.05, 0) is 36.8 Å². The van der Waals surface area contributed by atoms with Crippen molar-refractivity contribution in [1.82, 2.24) is 4.90 Å². The van der Waals surface area contributed by atoms with Gasteiger partial charge in [-0.15, -0.1) is 4.40 Å². The van der Waals surface area contributed by atoms with E-state index in [1.54, 1.807) is 12.1 Å². The topological polar surface area (TPSA) is 53.0 Å². The summed E-state index contributed by atoms with van der Waals surface area (Å²) >= 11 is 0. The lowest BCUT2D eigenvalue weighted by atomic mass is 10.1. The SMILES string of the molecule is Cc1cccc(N2CCN(C3=NS(=O)(=O)c4ccccc43)CC2)c1. The Bertz CT molecular complexity index is 913. The van der Waals surface area contributed by atoms with Crippen molar-refractivity contribution >= 4 is 21.5 Å². The van der Waals surface area contributed by atoms with E-state index in [1.807, 2.05) is 12.1 Å². The van der Waals surface area contributed by atoms with Crippen LogP contribution in [0.1, 0.15) is 11.1 Å². The van der Waals surface area contributed by atoms with Gasteiger partial charge in [-0.1, -0.05) is 24.3 Å². The number of amidine groups is 1. The van der Waals surface area contributed by atoms with Crippen LogP contribution in [-0.4, -0.2) is 45.3 Å². The van der Waals surface area contributed by atoms with Crippen LogP contribution in [0.2, 0.25) is 0 Å². The fraction of sp³-hybridized carbons (Fsp3) is 0.278. The third-order valence-electron chi connectivity index (χ3n) is 4.56. The van der Waals surface area contributed by atoms with Crippen molar-refractivity contribution in [3.8, 4) is 0 Å². The third kappa shape index (κ3) is 2.57. The molecule has 5 nitrogen and oxygen atoms in total. The number of anilines is 1. The maximum atomic E-state index is 12.2. The minimum Gasteiger partial charge on any atom is -0.368 e. The maximum Gasteiger partial charge on any atom is 0.285 e. The second-order valence-electron chi connectivity index (χ2n) is 6.20. The Labute approximate surface area is 142 Å². The Balaban J connectivity index is 1.55. The molecule has 124 valence electrons. The minimum absolute atomic E-state index is 0.320. The zero-order chi connectivity index (χ0) is 16.7. The molecule has 0 bridgehead atoms. The highest BCUT2D eigenvalue weighted by Crippen LogP contribution is 2.28. The zero-order valence-electron chi connectivity index (χ0n) is 13.5. The number of sulfonamides is 1. The molecule has 2 aliphatic heterocycles. The van der Waals surface area contributed by atoms with E-state index in [0.29, 0.717) is 10.7 Å². The molecule has 0 spiro atoms. The second-order valence-corrected chi connectivity index (χ2v) is 7.77. The molecule has 2 aliphatic rings. The van der Waals surface area contributed by atoms with E-state index in [0.717, 1.165) is 31.7 Å². The standard InChI is InChI=1S/C18H19N3O2S/c1-14-5-4-6-15(13-14)20-9-11-21(12-10-20)18-16-7-2-3-8-17(16)24(22,23)19-18/h2-8,13H,9-12H2,1H3. The molecule has 0 saturated carbocycles. The van der Waals surface area contributed by atoms with Gasteiger partial charge in [0.2, 0.25) is 0 Å². The first-order chi connectivity index (χ1) is 11.5. The predicted octanol–water partition coefficient (Wildman–Crippen LogP) is 2.27. The van der Waals surface area contributed by atoms with Crippen LogP contribution < -0.4 is 4.90 Å². The average molecular weight is 341 g/mol. The van der Waals surface area contributed by atoms with E-state index in [2.05, 4.69) is 45.4 Å². The number of nitrogens with zero attached hydrogens (tertiary/aromatic N) is 3. The van der Waals surface area contributed by atoms with E-state index < -0.39 is 10.0 Å². The smallest absolute Gasteiger partial charge is 0.285 e. The first-order valence-electron chi connectivity index (χ1n) is 8.05. The Morgan fingerprint density at radius 2 is 1.62 bits per heavy atom. The van der Waals surface area contributed by atoms with Crippen molar-refractivity contribution in [1.29, 1.82) is 0 Å². The predicted molar refractivity (Wildman–Crippen MR) is 95.1 cm³/mol. The van der Waals surface area contributed by atoms with Gasteiger partial charge in [0, 0.05) is 37.4 Å². The van der Waals surface area contributed by atoms with Crippen molar-refractivity contribution in [2.75, 3.05) is 31.1 Å². The Kier molecular flexibility index (Phi) is 3.57. The molecule has 0 N–H and O–H groups in total. The monoisotopic (exact) mass is 341 g/mol. The number of piperazine rings is 1. The molecule has 2 heterocycles. The van der Waals surface area contributed by atoms with Gasteiger partial charge in [0.1, 0.15) is 4.90 Å². The molecule has 4 rings (SSSR count). The normalized spacial score (nSPS) is 19.1. The van der Waals surface area contributed by atoms with Gasteiger partial charge >= 0.3 is 0 Å². The molecule has 0 unspecified atom stereocenters. The molecule has 1 fully saturated rings. The van der Waals surface area contributed by atoms with E-state index in [9.17, 15) is 8.42 Å². The molecule has 0 amide bonds. The van der Waals surface area contributed by atoms with Crippen LogP contribution in [0.15, 0.2) is 57.8 Å². The van der Waals surface area contributed by atoms with Crippen LogP contribution in [0.5, 0.6) is 0 Å². The van der Waals surface area contributed by atoms with Gasteiger partial charge in [-0.25, -0.2) is 0 Å². The number of rotatable bonds is 1. The van der Waals surface area contributed by atoms with Gasteiger partial charge in [-0.3, -0.25) is 0 Å². The van der Waals surface area contributed by atoms with Crippen LogP contribution in [0.4, 0.5) is 5.69 Å². The number of benzene rings is 2. The Hall–Kier alpha value is -2.34. The summed E-state index contributed by atoms with van der Waals surface area (Å²) in [4.78, 5) is 4.73. The van der Waals surface area contributed by atoms with Gasteiger partial charge < -0.3 is 9.80 Å². The molecule has 2 aromatic carbocycles. The summed E-state index contributed by atoms with van der Waals surface area (Å²) in [5, 5.41) is 0. The fourth-order valence-electron chi connectivity index (χ4n) is 3.32. The fourth-order valence-corrected chi connectivity index (χ4v) is 4.55. The molecule has 1 saturated heterocycles. The zero-order valence-corrected chi connectivity index (χ0v) is 14.3. The van der Waals surface area contributed by atoms with Crippen molar-refractivity contribution < 1.29 is 8.42 Å². The average Bonchev–Trinajstić information content (AvgIpc) is 2.87. The lowest BCUT2D eigenvalue weighted by Gasteiger charge is -2.37. The van der Waals surface area contributed by atoms with Crippen molar-refractivity contribution in [3.63, 3.8) is 0 Å². The summed E-state index contributed by atoms with van der Waals surface area (Å²) in [6, 6.07) is 15.5. The van der Waals surface area contributed by atoms with E-state index >= 15 is 0 Å². The summed E-state index contributed by atoms with van der Waals surface area (Å²) < 4.78 is 28.4. The van der Waals surface area contributed by atoms with Crippen molar-refractivity contribution in [2.45, 2.75) is 11.8 Å². The van der Waals surface area contributed by atoms with E-state index in [1.165, 1.54) is 11.3 Å². The maximum absolute atomic E-state index is 12.2. The van der Waals surface area contributed by atoms with E-state index in [-0.39, 0.29) is 0 Å². The van der Waals surface area contributed by atoms with Crippen LogP contribution in [0, 0.1) is 6.92 Å². The lowest BCUT2D eigenvalue weighted by molar-refractivity contribution is 0.387. The van der Waals surface area contributed by atoms with Gasteiger partial charge in [-0.2, -0.15) is 8.42 Å². The highest BCUT2D eigenvalue weighted by Gasteiger charge is 2.32. The lowest BCUT2D eigenvalue weighted by Crippen LogP contribution is -2.48. The summed E-state index contributed by atoms with van der Waals surface area (Å²) in [7, 11) is -3.54. The summed E-state index contributed by atoms with van der Waals surface area (Å²) in [5.74, 6) is 0.592. The molecular weight excluding hydrogens is 322 g/mol. The van der Waals surface area contributed by atoms with Crippen molar-refractivity contribution in [3.05, 3.63) is 59.7 Å². The Morgan fingerprint density at radius 1 is 0.917 bits per heavy atom. The molecule has 6 heteroatoms. The largest absolute Gasteiger partial charge is 0.368 e. The molecule has 24 heavy (non-hydrogen) atoms. The van der Waals surface area contributed by atoms with Gasteiger partial charge in [0.15, 0.2) is 5.84 Å². The third-order valence-corrected chi connectivity index (χ3v) is 5.88. The quantitative estimate of drug-likeness (QED) is 0.798. The van der Waals surface area contributed by atoms with Crippen molar-refractivity contribution in [2.24, 2.45) is 4.40 Å². The Morgan fingerprint density at radius 3 is 2.38 bits per heavy atom. The summed E-state index contributed by atoms with van der Waals surface area (Å²) in [6.45, 7) is 5.32. The summed E-state index contributed by atoms with van der Waals surface area (Å²) in [6.07, 6.45) is 0. The van der Waals surface area contributed by atoms with E-state index in [4.69, 9.17) is 0 Å². The molecule has 0 atom stereocenters. The minimum atomic E-state index is -3.54. The highest BCUT2D eigenvalue weighted by molar-refractivity contribution is 7.90. The molecule has 0 radical (unpaired) electrons. The van der Waals surface area contributed by atoms with Gasteiger partial charge in [0.05, 0.1) is 0 Å². The summed E-state index contributed by atoms with van der Waals surface area (Å²) in [5.41, 5.74) is 3.19. The van der Waals surface area contributed by atoms with Crippen LogP contribution in [0.25, 0.3) is 0 Å².